The van der Waals surface area contributed by atoms with Crippen molar-refractivity contribution < 1.29 is 5.21 Å². The number of pyridine rings is 1. The Balaban J connectivity index is 1.77. The topological polar surface area (TPSA) is 78.0 Å². The Labute approximate surface area is 122 Å². The van der Waals surface area contributed by atoms with Crippen LogP contribution in [-0.4, -0.2) is 53.1 Å². The molecule has 1 aromatic rings. The zero-order valence-corrected chi connectivity index (χ0v) is 11.9. The number of anilines is 1. The summed E-state index contributed by atoms with van der Waals surface area (Å²) in [7, 11) is 0. The molecule has 0 amide bonds. The summed E-state index contributed by atoms with van der Waals surface area (Å²) in [5.74, 6) is 0.724. The average molecular weight is 296 g/mol. The lowest BCUT2D eigenvalue weighted by Gasteiger charge is -2.36. The molecule has 0 atom stereocenters. The smallest absolute Gasteiger partial charge is 0.171 e. The van der Waals surface area contributed by atoms with E-state index in [4.69, 9.17) is 22.5 Å². The summed E-state index contributed by atoms with van der Waals surface area (Å²) in [5.41, 5.74) is 6.14. The lowest BCUT2D eigenvalue weighted by atomic mass is 10.2. The van der Waals surface area contributed by atoms with Gasteiger partial charge in [0, 0.05) is 44.0 Å². The Morgan fingerprint density at radius 1 is 1.35 bits per heavy atom. The van der Waals surface area contributed by atoms with Gasteiger partial charge in [0.05, 0.1) is 5.02 Å². The second-order valence-corrected chi connectivity index (χ2v) is 5.61. The molecule has 0 unspecified atom stereocenters. The van der Waals surface area contributed by atoms with Crippen LogP contribution in [-0.2, 0) is 0 Å². The number of nitrogens with zero attached hydrogens (tertiary/aromatic N) is 4. The molecule has 1 aliphatic carbocycles. The van der Waals surface area contributed by atoms with Crippen LogP contribution in [0, 0.1) is 0 Å². The molecule has 1 aromatic heterocycles. The van der Waals surface area contributed by atoms with E-state index in [1.165, 1.54) is 12.8 Å². The average Bonchev–Trinajstić information content (AvgIpc) is 3.32. The molecule has 7 heteroatoms. The lowest BCUT2D eigenvalue weighted by Crippen LogP contribution is -2.47. The van der Waals surface area contributed by atoms with Crippen molar-refractivity contribution in [2.24, 2.45) is 10.9 Å². The van der Waals surface area contributed by atoms with Crippen LogP contribution in [0.15, 0.2) is 17.4 Å². The molecule has 20 heavy (non-hydrogen) atoms. The minimum Gasteiger partial charge on any atom is -0.409 e. The van der Waals surface area contributed by atoms with E-state index >= 15 is 0 Å². The van der Waals surface area contributed by atoms with Gasteiger partial charge in [0.25, 0.3) is 0 Å². The number of rotatable bonds is 3. The van der Waals surface area contributed by atoms with Crippen LogP contribution in [0.5, 0.6) is 0 Å². The molecule has 1 saturated heterocycles. The van der Waals surface area contributed by atoms with Crippen molar-refractivity contribution in [3.63, 3.8) is 0 Å². The Bertz CT molecular complexity index is 523. The quantitative estimate of drug-likeness (QED) is 0.378. The van der Waals surface area contributed by atoms with E-state index in [1.807, 2.05) is 0 Å². The molecule has 0 aromatic carbocycles. The first-order chi connectivity index (χ1) is 9.70. The largest absolute Gasteiger partial charge is 0.409 e. The molecule has 6 nitrogen and oxygen atoms in total. The molecular formula is C13H18ClN5O. The Kier molecular flexibility index (Phi) is 3.67. The maximum Gasteiger partial charge on any atom is 0.171 e. The van der Waals surface area contributed by atoms with Gasteiger partial charge in [-0.1, -0.05) is 16.8 Å². The first-order valence-electron chi connectivity index (χ1n) is 6.82. The molecule has 0 bridgehead atoms. The van der Waals surface area contributed by atoms with Crippen molar-refractivity contribution in [1.29, 1.82) is 0 Å². The predicted molar refractivity (Wildman–Crippen MR) is 78.6 cm³/mol. The molecule has 3 N–H and O–H groups in total. The normalized spacial score (nSPS) is 21.2. The minimum atomic E-state index is 0.00951. The molecule has 1 saturated carbocycles. The number of piperazine rings is 1. The fraction of sp³-hybridized carbons (Fsp3) is 0.538. The van der Waals surface area contributed by atoms with Gasteiger partial charge >= 0.3 is 0 Å². The fourth-order valence-electron chi connectivity index (χ4n) is 2.64. The summed E-state index contributed by atoms with van der Waals surface area (Å²) in [6.45, 7) is 3.89. The highest BCUT2D eigenvalue weighted by atomic mass is 35.5. The summed E-state index contributed by atoms with van der Waals surface area (Å²) < 4.78 is 0. The van der Waals surface area contributed by atoms with Gasteiger partial charge in [0.15, 0.2) is 5.84 Å². The minimum absolute atomic E-state index is 0.00951. The van der Waals surface area contributed by atoms with E-state index in [9.17, 15) is 0 Å². The van der Waals surface area contributed by atoms with Crippen LogP contribution in [0.1, 0.15) is 18.4 Å². The second-order valence-electron chi connectivity index (χ2n) is 5.24. The molecule has 3 rings (SSSR count). The van der Waals surface area contributed by atoms with Crippen LogP contribution in [0.4, 0.5) is 5.82 Å². The summed E-state index contributed by atoms with van der Waals surface area (Å²) in [6, 6.07) is 2.45. The third-order valence-corrected chi connectivity index (χ3v) is 4.30. The van der Waals surface area contributed by atoms with Crippen molar-refractivity contribution in [2.45, 2.75) is 18.9 Å². The van der Waals surface area contributed by atoms with Crippen LogP contribution in [0.2, 0.25) is 5.02 Å². The van der Waals surface area contributed by atoms with Gasteiger partial charge in [0.1, 0.15) is 5.82 Å². The van der Waals surface area contributed by atoms with Crippen LogP contribution < -0.4 is 10.6 Å². The Hall–Kier alpha value is -1.53. The van der Waals surface area contributed by atoms with Crippen LogP contribution >= 0.6 is 11.6 Å². The van der Waals surface area contributed by atoms with Crippen molar-refractivity contribution in [3.05, 3.63) is 22.8 Å². The zero-order chi connectivity index (χ0) is 14.1. The number of hydrogen-bond acceptors (Lipinski definition) is 5. The van der Waals surface area contributed by atoms with Gasteiger partial charge in [-0.3, -0.25) is 4.90 Å². The fourth-order valence-corrected chi connectivity index (χ4v) is 2.97. The molecule has 0 radical (unpaired) electrons. The first-order valence-corrected chi connectivity index (χ1v) is 7.20. The molecule has 2 aliphatic rings. The number of oxime groups is 1. The van der Waals surface area contributed by atoms with Gasteiger partial charge in [-0.05, 0) is 18.9 Å². The maximum atomic E-state index is 8.78. The summed E-state index contributed by atoms with van der Waals surface area (Å²) in [5, 5.41) is 12.2. The van der Waals surface area contributed by atoms with Gasteiger partial charge < -0.3 is 15.8 Å². The van der Waals surface area contributed by atoms with Crippen molar-refractivity contribution >= 4 is 23.3 Å². The first kappa shape index (κ1) is 13.5. The SMILES string of the molecule is N/C(=N/O)c1ccnc(N2CCN(C3CC3)CC2)c1Cl. The number of nitrogens with two attached hydrogens (primary N) is 1. The molecule has 0 spiro atoms. The second kappa shape index (κ2) is 5.46. The Morgan fingerprint density at radius 3 is 2.65 bits per heavy atom. The standard InChI is InChI=1S/C13H18ClN5O/c14-11-10(12(15)17-20)3-4-16-13(11)19-7-5-18(6-8-19)9-1-2-9/h3-4,9,20H,1-2,5-8H2,(H2,15,17). The van der Waals surface area contributed by atoms with Crippen LogP contribution in [0.25, 0.3) is 0 Å². The van der Waals surface area contributed by atoms with E-state index in [-0.39, 0.29) is 5.84 Å². The third kappa shape index (κ3) is 2.53. The highest BCUT2D eigenvalue weighted by Gasteiger charge is 2.32. The number of amidine groups is 1. The Morgan fingerprint density at radius 2 is 2.05 bits per heavy atom. The molecular weight excluding hydrogens is 278 g/mol. The maximum absolute atomic E-state index is 8.78. The number of aromatic nitrogens is 1. The van der Waals surface area contributed by atoms with E-state index in [1.54, 1.807) is 12.3 Å². The highest BCUT2D eigenvalue weighted by Crippen LogP contribution is 2.31. The third-order valence-electron chi connectivity index (χ3n) is 3.93. The zero-order valence-electron chi connectivity index (χ0n) is 11.2. The van der Waals surface area contributed by atoms with Gasteiger partial charge in [-0.2, -0.15) is 0 Å². The highest BCUT2D eigenvalue weighted by molar-refractivity contribution is 6.36. The van der Waals surface area contributed by atoms with Gasteiger partial charge in [0.2, 0.25) is 0 Å². The van der Waals surface area contributed by atoms with Crippen molar-refractivity contribution in [2.75, 3.05) is 31.1 Å². The molecule has 2 fully saturated rings. The van der Waals surface area contributed by atoms with E-state index in [0.717, 1.165) is 32.2 Å². The van der Waals surface area contributed by atoms with Crippen molar-refractivity contribution in [3.8, 4) is 0 Å². The van der Waals surface area contributed by atoms with E-state index in [0.29, 0.717) is 16.4 Å². The van der Waals surface area contributed by atoms with Crippen LogP contribution in [0.3, 0.4) is 0 Å². The molecule has 1 aliphatic heterocycles. The van der Waals surface area contributed by atoms with Gasteiger partial charge in [-0.25, -0.2) is 4.98 Å². The number of halogens is 1. The van der Waals surface area contributed by atoms with E-state index < -0.39 is 0 Å². The van der Waals surface area contributed by atoms with E-state index in [2.05, 4.69) is 19.9 Å². The molecule has 108 valence electrons. The lowest BCUT2D eigenvalue weighted by molar-refractivity contribution is 0.247. The summed E-state index contributed by atoms with van der Waals surface area (Å²) in [6.07, 6.45) is 4.30. The molecule has 2 heterocycles. The summed E-state index contributed by atoms with van der Waals surface area (Å²) in [4.78, 5) is 9.04. The summed E-state index contributed by atoms with van der Waals surface area (Å²) >= 11 is 6.34. The number of hydrogen-bond donors (Lipinski definition) is 2. The predicted octanol–water partition coefficient (Wildman–Crippen LogP) is 1.11. The van der Waals surface area contributed by atoms with Crippen molar-refractivity contribution in [1.82, 2.24) is 9.88 Å². The monoisotopic (exact) mass is 295 g/mol. The van der Waals surface area contributed by atoms with Gasteiger partial charge in [-0.15, -0.1) is 0 Å².